The van der Waals surface area contributed by atoms with Gasteiger partial charge in [-0.25, -0.2) is 0 Å². The third kappa shape index (κ3) is 2.53. The number of hydrogen-bond donors (Lipinski definition) is 0. The van der Waals surface area contributed by atoms with Crippen LogP contribution in [-0.4, -0.2) is 15.3 Å². The highest BCUT2D eigenvalue weighted by Crippen LogP contribution is 2.03. The Hall–Kier alpha value is -1.98. The normalized spacial score (nSPS) is 10.4. The van der Waals surface area contributed by atoms with Gasteiger partial charge in [0.2, 0.25) is 0 Å². The van der Waals surface area contributed by atoms with E-state index in [-0.39, 0.29) is 18.2 Å². The second kappa shape index (κ2) is 4.69. The van der Waals surface area contributed by atoms with Gasteiger partial charge in [0.15, 0.2) is 5.78 Å². The van der Waals surface area contributed by atoms with Crippen LogP contribution in [0.3, 0.4) is 0 Å². The molecule has 0 aliphatic rings. The minimum Gasteiger partial charge on any atom is -0.302 e. The molecule has 0 aliphatic heterocycles. The molecule has 0 amide bonds. The molecule has 1 aromatic heterocycles. The number of hydrogen-bond acceptors (Lipinski definition) is 4. The maximum absolute atomic E-state index is 11.5. The van der Waals surface area contributed by atoms with E-state index in [1.165, 1.54) is 12.3 Å². The van der Waals surface area contributed by atoms with E-state index in [2.05, 4.69) is 0 Å². The summed E-state index contributed by atoms with van der Waals surface area (Å²) in [5.74, 6) is -0.339. The number of ketones is 1. The molecular weight excluding hydrogens is 212 g/mol. The Morgan fingerprint density at radius 1 is 1.56 bits per heavy atom. The molecule has 0 fully saturated rings. The lowest BCUT2D eigenvalue weighted by Crippen LogP contribution is -2.27. The van der Waals surface area contributed by atoms with Crippen LogP contribution in [0, 0.1) is 16.0 Å². The van der Waals surface area contributed by atoms with Crippen LogP contribution in [-0.2, 0) is 11.3 Å². The lowest BCUT2D eigenvalue weighted by atomic mass is 10.1. The topological polar surface area (TPSA) is 82.2 Å². The second-order valence-corrected chi connectivity index (χ2v) is 3.70. The first-order chi connectivity index (χ1) is 7.43. The number of nitro groups is 1. The van der Waals surface area contributed by atoms with Crippen molar-refractivity contribution in [2.45, 2.75) is 20.4 Å². The molecule has 6 heteroatoms. The summed E-state index contributed by atoms with van der Waals surface area (Å²) in [4.78, 5) is 32.7. The van der Waals surface area contributed by atoms with Gasteiger partial charge in [-0.05, 0) is 6.07 Å². The van der Waals surface area contributed by atoms with Gasteiger partial charge in [-0.1, -0.05) is 13.8 Å². The van der Waals surface area contributed by atoms with Gasteiger partial charge in [-0.15, -0.1) is 0 Å². The van der Waals surface area contributed by atoms with Crippen molar-refractivity contribution < 1.29 is 9.72 Å². The smallest absolute Gasteiger partial charge is 0.302 e. The van der Waals surface area contributed by atoms with Crippen molar-refractivity contribution in [3.63, 3.8) is 0 Å². The van der Waals surface area contributed by atoms with Gasteiger partial charge >= 0.3 is 11.2 Å². The first kappa shape index (κ1) is 12.1. The number of aromatic nitrogens is 1. The van der Waals surface area contributed by atoms with Gasteiger partial charge in [-0.3, -0.25) is 19.7 Å². The monoisotopic (exact) mass is 224 g/mol. The van der Waals surface area contributed by atoms with E-state index in [1.54, 1.807) is 13.8 Å². The van der Waals surface area contributed by atoms with Crippen LogP contribution in [0.2, 0.25) is 0 Å². The molecule has 0 unspecified atom stereocenters. The molecule has 0 aromatic carbocycles. The Balaban J connectivity index is 3.08. The van der Waals surface area contributed by atoms with Crippen molar-refractivity contribution in [2.24, 2.45) is 5.92 Å². The minimum atomic E-state index is -0.751. The Kier molecular flexibility index (Phi) is 3.55. The highest BCUT2D eigenvalue weighted by atomic mass is 16.6. The van der Waals surface area contributed by atoms with Gasteiger partial charge < -0.3 is 4.57 Å². The fraction of sp³-hybridized carbons (Fsp3) is 0.400. The van der Waals surface area contributed by atoms with Crippen molar-refractivity contribution in [1.82, 2.24) is 4.57 Å². The number of rotatable bonds is 4. The molecular formula is C10H12N2O4. The predicted octanol–water partition coefficient (Wildman–Crippen LogP) is 0.982. The number of nitrogens with zero attached hydrogens (tertiary/aromatic N) is 2. The fourth-order valence-electron chi connectivity index (χ4n) is 1.14. The Morgan fingerprint density at radius 3 is 2.69 bits per heavy atom. The zero-order valence-electron chi connectivity index (χ0n) is 9.04. The maximum atomic E-state index is 11.5. The molecule has 16 heavy (non-hydrogen) atoms. The molecule has 0 saturated carbocycles. The van der Waals surface area contributed by atoms with Crippen molar-refractivity contribution in [3.05, 3.63) is 38.8 Å². The average molecular weight is 224 g/mol. The summed E-state index contributed by atoms with van der Waals surface area (Å²) in [5.41, 5.74) is -1.26. The minimum absolute atomic E-state index is 0.127. The van der Waals surface area contributed by atoms with Crippen LogP contribution in [0.1, 0.15) is 13.8 Å². The molecule has 0 bridgehead atoms. The van der Waals surface area contributed by atoms with Crippen molar-refractivity contribution in [1.29, 1.82) is 0 Å². The molecule has 1 heterocycles. The molecule has 1 rings (SSSR count). The number of pyridine rings is 1. The first-order valence-electron chi connectivity index (χ1n) is 4.80. The van der Waals surface area contributed by atoms with Crippen LogP contribution in [0.15, 0.2) is 23.1 Å². The van der Waals surface area contributed by atoms with E-state index in [1.807, 2.05) is 0 Å². The van der Waals surface area contributed by atoms with E-state index in [9.17, 15) is 19.7 Å². The van der Waals surface area contributed by atoms with Crippen molar-refractivity contribution >= 4 is 11.5 Å². The third-order valence-corrected chi connectivity index (χ3v) is 2.17. The summed E-state index contributed by atoms with van der Waals surface area (Å²) in [6, 6.07) is 2.51. The maximum Gasteiger partial charge on any atom is 0.334 e. The summed E-state index contributed by atoms with van der Waals surface area (Å²) in [6.45, 7) is 3.30. The third-order valence-electron chi connectivity index (χ3n) is 2.17. The summed E-state index contributed by atoms with van der Waals surface area (Å²) < 4.78 is 1.06. The van der Waals surface area contributed by atoms with E-state index in [4.69, 9.17) is 0 Å². The van der Waals surface area contributed by atoms with Crippen LogP contribution < -0.4 is 5.56 Å². The second-order valence-electron chi connectivity index (χ2n) is 3.70. The van der Waals surface area contributed by atoms with Crippen LogP contribution >= 0.6 is 0 Å². The first-order valence-corrected chi connectivity index (χ1v) is 4.80. The molecule has 0 saturated heterocycles. The number of carbonyl (C=O) groups is 1. The van der Waals surface area contributed by atoms with E-state index in [0.717, 1.165) is 10.6 Å². The molecule has 0 radical (unpaired) electrons. The Bertz CT molecular complexity index is 476. The Morgan fingerprint density at radius 2 is 2.19 bits per heavy atom. The lowest BCUT2D eigenvalue weighted by Gasteiger charge is -2.06. The number of Topliss-reactive ketones (excluding diaryl/α,β-unsaturated/α-hetero) is 1. The van der Waals surface area contributed by atoms with E-state index < -0.39 is 16.2 Å². The van der Waals surface area contributed by atoms with Gasteiger partial charge in [0.25, 0.3) is 0 Å². The SMILES string of the molecule is CC(C)C(=O)Cn1cccc([N+](=O)[O-])c1=O. The molecule has 86 valence electrons. The highest BCUT2D eigenvalue weighted by molar-refractivity contribution is 5.80. The predicted molar refractivity (Wildman–Crippen MR) is 57.2 cm³/mol. The summed E-state index contributed by atoms with van der Waals surface area (Å²) in [7, 11) is 0. The zero-order chi connectivity index (χ0) is 12.3. The van der Waals surface area contributed by atoms with Crippen molar-refractivity contribution in [2.75, 3.05) is 0 Å². The lowest BCUT2D eigenvalue weighted by molar-refractivity contribution is -0.386. The molecule has 0 aliphatic carbocycles. The Labute approximate surface area is 91.7 Å². The molecule has 6 nitrogen and oxygen atoms in total. The van der Waals surface area contributed by atoms with Gasteiger partial charge in [0.1, 0.15) is 0 Å². The van der Waals surface area contributed by atoms with Gasteiger partial charge in [-0.2, -0.15) is 0 Å². The van der Waals surface area contributed by atoms with Crippen LogP contribution in [0.5, 0.6) is 0 Å². The summed E-state index contributed by atoms with van der Waals surface area (Å²) in [5, 5.41) is 10.5. The number of carbonyl (C=O) groups excluding carboxylic acids is 1. The van der Waals surface area contributed by atoms with E-state index in [0.29, 0.717) is 0 Å². The van der Waals surface area contributed by atoms with E-state index >= 15 is 0 Å². The molecule has 1 aromatic rings. The summed E-state index contributed by atoms with van der Waals surface area (Å²) in [6.07, 6.45) is 1.37. The van der Waals surface area contributed by atoms with Crippen LogP contribution in [0.4, 0.5) is 5.69 Å². The summed E-state index contributed by atoms with van der Waals surface area (Å²) >= 11 is 0. The zero-order valence-corrected chi connectivity index (χ0v) is 9.04. The largest absolute Gasteiger partial charge is 0.334 e. The fourth-order valence-corrected chi connectivity index (χ4v) is 1.14. The molecule has 0 atom stereocenters. The van der Waals surface area contributed by atoms with Crippen molar-refractivity contribution in [3.8, 4) is 0 Å². The quantitative estimate of drug-likeness (QED) is 0.563. The van der Waals surface area contributed by atoms with Crippen LogP contribution in [0.25, 0.3) is 0 Å². The standard InChI is InChI=1S/C10H12N2O4/c1-7(2)9(13)6-11-5-3-4-8(10(11)14)12(15)16/h3-5,7H,6H2,1-2H3. The average Bonchev–Trinajstić information content (AvgIpc) is 2.20. The molecule has 0 spiro atoms. The van der Waals surface area contributed by atoms with Gasteiger partial charge in [0, 0.05) is 18.2 Å². The van der Waals surface area contributed by atoms with Gasteiger partial charge in [0.05, 0.1) is 11.5 Å². The molecule has 0 N–H and O–H groups in total. The highest BCUT2D eigenvalue weighted by Gasteiger charge is 2.16.